The molecular weight excluding hydrogens is 286 g/mol. The third kappa shape index (κ3) is 3.73. The fourth-order valence-corrected chi connectivity index (χ4v) is 3.04. The molecule has 0 saturated heterocycles. The normalized spacial score (nSPS) is 13.3. The predicted octanol–water partition coefficient (Wildman–Crippen LogP) is 4.20. The Balaban J connectivity index is 1.62. The Morgan fingerprint density at radius 2 is 1.91 bits per heavy atom. The molecule has 2 aromatic rings. The first-order valence-corrected chi connectivity index (χ1v) is 8.24. The molecule has 0 saturated carbocycles. The van der Waals surface area contributed by atoms with Crippen molar-refractivity contribution in [3.8, 4) is 5.75 Å². The minimum Gasteiger partial charge on any atom is -0.483 e. The molecule has 0 atom stereocenters. The first kappa shape index (κ1) is 15.6. The van der Waals surface area contributed by atoms with Crippen molar-refractivity contribution in [3.63, 3.8) is 0 Å². The van der Waals surface area contributed by atoms with Gasteiger partial charge in [0.15, 0.2) is 6.61 Å². The van der Waals surface area contributed by atoms with E-state index in [1.54, 1.807) is 0 Å². The summed E-state index contributed by atoms with van der Waals surface area (Å²) in [7, 11) is 0. The molecule has 120 valence electrons. The molecule has 3 heteroatoms. The smallest absolute Gasteiger partial charge is 0.262 e. The van der Waals surface area contributed by atoms with Crippen LogP contribution >= 0.6 is 0 Å². The average molecular weight is 309 g/mol. The number of carbonyl (C=O) groups excluding carboxylic acids is 1. The van der Waals surface area contributed by atoms with Crippen LogP contribution in [0.2, 0.25) is 0 Å². The lowest BCUT2D eigenvalue weighted by Gasteiger charge is -2.19. The van der Waals surface area contributed by atoms with E-state index in [2.05, 4.69) is 18.3 Å². The Hall–Kier alpha value is -2.29. The Morgan fingerprint density at radius 3 is 2.74 bits per heavy atom. The van der Waals surface area contributed by atoms with Gasteiger partial charge >= 0.3 is 0 Å². The molecule has 2 aromatic carbocycles. The predicted molar refractivity (Wildman–Crippen MR) is 93.1 cm³/mol. The minimum atomic E-state index is -0.123. The van der Waals surface area contributed by atoms with Crippen LogP contribution < -0.4 is 10.1 Å². The molecule has 1 N–H and O–H groups in total. The zero-order valence-corrected chi connectivity index (χ0v) is 13.8. The molecule has 0 bridgehead atoms. The standard InChI is InChI=1S/C20H23NO2/c1-14-10-11-17(12-15(14)2)21-20(22)13-23-19-9-5-7-16-6-3-4-8-18(16)19/h5,7,9-12H,3-4,6,8,13H2,1-2H3,(H,21,22). The van der Waals surface area contributed by atoms with Crippen LogP contribution in [0.15, 0.2) is 36.4 Å². The monoisotopic (exact) mass is 309 g/mol. The molecule has 3 nitrogen and oxygen atoms in total. The van der Waals surface area contributed by atoms with E-state index in [0.29, 0.717) is 0 Å². The topological polar surface area (TPSA) is 38.3 Å². The number of benzene rings is 2. The van der Waals surface area contributed by atoms with Gasteiger partial charge in [-0.2, -0.15) is 0 Å². The first-order chi connectivity index (χ1) is 11.1. The van der Waals surface area contributed by atoms with Crippen LogP contribution in [0, 0.1) is 13.8 Å². The van der Waals surface area contributed by atoms with Crippen molar-refractivity contribution in [2.45, 2.75) is 39.5 Å². The van der Waals surface area contributed by atoms with E-state index < -0.39 is 0 Å². The molecular formula is C20H23NO2. The molecule has 23 heavy (non-hydrogen) atoms. The molecule has 0 fully saturated rings. The third-order valence-corrected chi connectivity index (χ3v) is 4.50. The van der Waals surface area contributed by atoms with Gasteiger partial charge in [0.05, 0.1) is 0 Å². The molecule has 1 amide bonds. The van der Waals surface area contributed by atoms with Crippen molar-refractivity contribution in [1.29, 1.82) is 0 Å². The second kappa shape index (κ2) is 6.86. The van der Waals surface area contributed by atoms with Crippen LogP contribution in [0.25, 0.3) is 0 Å². The Morgan fingerprint density at radius 1 is 1.09 bits per heavy atom. The summed E-state index contributed by atoms with van der Waals surface area (Å²) in [6.45, 7) is 4.14. The number of hydrogen-bond donors (Lipinski definition) is 1. The van der Waals surface area contributed by atoms with Gasteiger partial charge < -0.3 is 10.1 Å². The fraction of sp³-hybridized carbons (Fsp3) is 0.350. The van der Waals surface area contributed by atoms with E-state index in [1.807, 2.05) is 37.3 Å². The number of amides is 1. The number of aryl methyl sites for hydroxylation is 3. The zero-order valence-electron chi connectivity index (χ0n) is 13.8. The van der Waals surface area contributed by atoms with Crippen molar-refractivity contribution in [2.75, 3.05) is 11.9 Å². The van der Waals surface area contributed by atoms with E-state index in [-0.39, 0.29) is 12.5 Å². The van der Waals surface area contributed by atoms with Crippen molar-refractivity contribution in [1.82, 2.24) is 0 Å². The van der Waals surface area contributed by atoms with E-state index in [0.717, 1.165) is 24.3 Å². The maximum atomic E-state index is 12.1. The van der Waals surface area contributed by atoms with Crippen LogP contribution in [-0.2, 0) is 17.6 Å². The number of ether oxygens (including phenoxy) is 1. The largest absolute Gasteiger partial charge is 0.483 e. The number of anilines is 1. The van der Waals surface area contributed by atoms with Gasteiger partial charge in [-0.3, -0.25) is 4.79 Å². The number of rotatable bonds is 4. The second-order valence-corrected chi connectivity index (χ2v) is 6.24. The van der Waals surface area contributed by atoms with Gasteiger partial charge in [0.25, 0.3) is 5.91 Å². The SMILES string of the molecule is Cc1ccc(NC(=O)COc2cccc3c2CCCC3)cc1C. The van der Waals surface area contributed by atoms with Crippen LogP contribution in [0.5, 0.6) is 5.75 Å². The lowest BCUT2D eigenvalue weighted by molar-refractivity contribution is -0.118. The molecule has 0 spiro atoms. The lowest BCUT2D eigenvalue weighted by Crippen LogP contribution is -2.21. The summed E-state index contributed by atoms with van der Waals surface area (Å²) in [4.78, 5) is 12.1. The summed E-state index contributed by atoms with van der Waals surface area (Å²) >= 11 is 0. The van der Waals surface area contributed by atoms with E-state index in [4.69, 9.17) is 4.74 Å². The van der Waals surface area contributed by atoms with Crippen molar-refractivity contribution < 1.29 is 9.53 Å². The van der Waals surface area contributed by atoms with Gasteiger partial charge in [-0.05, 0) is 80.0 Å². The van der Waals surface area contributed by atoms with Crippen molar-refractivity contribution in [3.05, 3.63) is 58.7 Å². The van der Waals surface area contributed by atoms with E-state index >= 15 is 0 Å². The van der Waals surface area contributed by atoms with Crippen molar-refractivity contribution >= 4 is 11.6 Å². The lowest BCUT2D eigenvalue weighted by atomic mass is 9.91. The van der Waals surface area contributed by atoms with Crippen LogP contribution in [0.4, 0.5) is 5.69 Å². The Labute approximate surface area is 137 Å². The summed E-state index contributed by atoms with van der Waals surface area (Å²) in [6.07, 6.45) is 4.59. The molecule has 1 aliphatic carbocycles. The maximum absolute atomic E-state index is 12.1. The van der Waals surface area contributed by atoms with Crippen LogP contribution in [0.3, 0.4) is 0 Å². The summed E-state index contributed by atoms with van der Waals surface area (Å²) in [5.74, 6) is 0.735. The van der Waals surface area contributed by atoms with Crippen LogP contribution in [-0.4, -0.2) is 12.5 Å². The molecule has 0 radical (unpaired) electrons. The molecule has 0 aliphatic heterocycles. The van der Waals surface area contributed by atoms with E-state index in [9.17, 15) is 4.79 Å². The fourth-order valence-electron chi connectivity index (χ4n) is 3.04. The number of carbonyl (C=O) groups is 1. The highest BCUT2D eigenvalue weighted by atomic mass is 16.5. The van der Waals surface area contributed by atoms with E-state index in [1.165, 1.54) is 35.1 Å². The van der Waals surface area contributed by atoms with Gasteiger partial charge in [-0.15, -0.1) is 0 Å². The highest BCUT2D eigenvalue weighted by Crippen LogP contribution is 2.29. The molecule has 0 heterocycles. The first-order valence-electron chi connectivity index (χ1n) is 8.24. The summed E-state index contributed by atoms with van der Waals surface area (Å²) in [5, 5.41) is 2.90. The zero-order chi connectivity index (χ0) is 16.2. The van der Waals surface area contributed by atoms with Crippen molar-refractivity contribution in [2.24, 2.45) is 0 Å². The summed E-state index contributed by atoms with van der Waals surface area (Å²) in [6, 6.07) is 12.1. The highest BCUT2D eigenvalue weighted by molar-refractivity contribution is 5.92. The quantitative estimate of drug-likeness (QED) is 0.919. The van der Waals surface area contributed by atoms with Gasteiger partial charge in [0.2, 0.25) is 0 Å². The summed E-state index contributed by atoms with van der Waals surface area (Å²) in [5.41, 5.74) is 5.84. The van der Waals surface area contributed by atoms with Gasteiger partial charge in [0.1, 0.15) is 5.75 Å². The number of nitrogens with one attached hydrogen (secondary N) is 1. The third-order valence-electron chi connectivity index (χ3n) is 4.50. The minimum absolute atomic E-state index is 0.0450. The highest BCUT2D eigenvalue weighted by Gasteiger charge is 2.14. The molecule has 1 aliphatic rings. The Kier molecular flexibility index (Phi) is 4.65. The van der Waals surface area contributed by atoms with Gasteiger partial charge in [0, 0.05) is 5.69 Å². The van der Waals surface area contributed by atoms with Crippen LogP contribution in [0.1, 0.15) is 35.1 Å². The molecule has 3 rings (SSSR count). The number of hydrogen-bond acceptors (Lipinski definition) is 2. The average Bonchev–Trinajstić information content (AvgIpc) is 2.56. The maximum Gasteiger partial charge on any atom is 0.262 e. The Bertz CT molecular complexity index is 722. The number of fused-ring (bicyclic) bond motifs is 1. The second-order valence-electron chi connectivity index (χ2n) is 6.24. The summed E-state index contributed by atoms with van der Waals surface area (Å²) < 4.78 is 5.78. The molecule has 0 aromatic heterocycles. The molecule has 0 unspecified atom stereocenters. The van der Waals surface area contributed by atoms with Gasteiger partial charge in [-0.1, -0.05) is 18.2 Å². The van der Waals surface area contributed by atoms with Gasteiger partial charge in [-0.25, -0.2) is 0 Å².